The first kappa shape index (κ1) is 21.9. The Balaban J connectivity index is 5.01. The number of aliphatic carboxylic acids is 1. The molecular weight excluding hydrogens is 327 g/mol. The number of nitrogens with zero attached hydrogens (tertiary/aromatic N) is 1. The number of amides is 1. The molecule has 0 heterocycles. The molecule has 0 rings (SSSR count). The Morgan fingerprint density at radius 1 is 1.35 bits per heavy atom. The molecule has 2 unspecified atom stereocenters. The summed E-state index contributed by atoms with van der Waals surface area (Å²) in [6.45, 7) is 6.55. The summed E-state index contributed by atoms with van der Waals surface area (Å²) >= 11 is 0. The number of hydrogen-bond donors (Lipinski definition) is 2. The monoisotopic (exact) mass is 354 g/mol. The Morgan fingerprint density at radius 2 is 1.91 bits per heavy atom. The van der Waals surface area contributed by atoms with E-state index in [1.165, 1.54) is 7.11 Å². The Bertz CT molecular complexity index is 450. The van der Waals surface area contributed by atoms with Gasteiger partial charge in [0.05, 0.1) is 12.8 Å². The van der Waals surface area contributed by atoms with Crippen LogP contribution < -0.4 is 5.73 Å². The maximum absolute atomic E-state index is 12.2. The fourth-order valence-electron chi connectivity index (χ4n) is 1.55. The van der Waals surface area contributed by atoms with E-state index in [-0.39, 0.29) is 25.9 Å². The zero-order chi connectivity index (χ0) is 18.3. The average Bonchev–Trinajstić information content (AvgIpc) is 2.41. The van der Waals surface area contributed by atoms with Crippen LogP contribution in [-0.2, 0) is 23.1 Å². The highest BCUT2D eigenvalue weighted by Gasteiger charge is 2.29. The summed E-state index contributed by atoms with van der Waals surface area (Å²) in [6, 6.07) is -1.28. The van der Waals surface area contributed by atoms with Gasteiger partial charge in [-0.15, -0.1) is 0 Å². The van der Waals surface area contributed by atoms with Gasteiger partial charge in [0, 0.05) is 20.2 Å². The molecule has 136 valence electrons. The third-order valence-electron chi connectivity index (χ3n) is 2.63. The lowest BCUT2D eigenvalue weighted by Crippen LogP contribution is -2.47. The van der Waals surface area contributed by atoms with Gasteiger partial charge in [-0.2, -0.15) is 0 Å². The van der Waals surface area contributed by atoms with Crippen molar-refractivity contribution in [1.82, 2.24) is 4.90 Å². The second-order valence-electron chi connectivity index (χ2n) is 5.81. The van der Waals surface area contributed by atoms with Gasteiger partial charge in [-0.1, -0.05) is 0 Å². The molecule has 1 amide bonds. The molecular formula is C13H27N2O7P. The molecule has 3 N–H and O–H groups in total. The molecule has 0 aliphatic rings. The van der Waals surface area contributed by atoms with E-state index in [1.807, 2.05) is 0 Å². The molecule has 0 radical (unpaired) electrons. The molecule has 0 aromatic rings. The van der Waals surface area contributed by atoms with Crippen LogP contribution in [0, 0.1) is 0 Å². The first-order chi connectivity index (χ1) is 10.4. The first-order valence-corrected chi connectivity index (χ1v) is 8.92. The summed E-state index contributed by atoms with van der Waals surface area (Å²) in [5.74, 6) is -1.25. The summed E-state index contributed by atoms with van der Waals surface area (Å²) in [4.78, 5) is 24.2. The van der Waals surface area contributed by atoms with Gasteiger partial charge in [-0.25, -0.2) is 4.79 Å². The van der Waals surface area contributed by atoms with E-state index >= 15 is 0 Å². The fourth-order valence-corrected chi connectivity index (χ4v) is 2.84. The molecule has 23 heavy (non-hydrogen) atoms. The lowest BCUT2D eigenvalue weighted by molar-refractivity contribution is -0.138. The second kappa shape index (κ2) is 9.22. The summed E-state index contributed by atoms with van der Waals surface area (Å²) < 4.78 is 27.4. The SMILES string of the molecule is CCOP(=O)(CCN(CC(N)C(=O)O)C(=O)OC(C)(C)C)OC. The minimum atomic E-state index is -3.35. The molecule has 9 nitrogen and oxygen atoms in total. The smallest absolute Gasteiger partial charge is 0.410 e. The summed E-state index contributed by atoms with van der Waals surface area (Å²) in [7, 11) is -2.10. The van der Waals surface area contributed by atoms with E-state index in [4.69, 9.17) is 24.6 Å². The van der Waals surface area contributed by atoms with Gasteiger partial charge in [0.25, 0.3) is 0 Å². The zero-order valence-electron chi connectivity index (χ0n) is 14.3. The van der Waals surface area contributed by atoms with E-state index < -0.39 is 31.3 Å². The van der Waals surface area contributed by atoms with Crippen molar-refractivity contribution in [3.05, 3.63) is 0 Å². The van der Waals surface area contributed by atoms with Gasteiger partial charge >= 0.3 is 19.7 Å². The number of ether oxygens (including phenoxy) is 1. The maximum atomic E-state index is 12.2. The van der Waals surface area contributed by atoms with Crippen LogP contribution in [0.1, 0.15) is 27.7 Å². The van der Waals surface area contributed by atoms with Crippen LogP contribution in [0.25, 0.3) is 0 Å². The predicted molar refractivity (Wildman–Crippen MR) is 84.5 cm³/mol. The Morgan fingerprint density at radius 3 is 2.30 bits per heavy atom. The molecule has 0 saturated carbocycles. The van der Waals surface area contributed by atoms with Gasteiger partial charge in [0.2, 0.25) is 0 Å². The van der Waals surface area contributed by atoms with Crippen molar-refractivity contribution in [2.75, 3.05) is 33.0 Å². The van der Waals surface area contributed by atoms with Crippen LogP contribution in [-0.4, -0.2) is 66.7 Å². The van der Waals surface area contributed by atoms with Crippen LogP contribution in [0.3, 0.4) is 0 Å². The Labute approximate surface area is 136 Å². The van der Waals surface area contributed by atoms with Crippen molar-refractivity contribution in [1.29, 1.82) is 0 Å². The number of carboxylic acid groups (broad SMARTS) is 1. The van der Waals surface area contributed by atoms with Crippen LogP contribution in [0.4, 0.5) is 4.79 Å². The van der Waals surface area contributed by atoms with Crippen LogP contribution in [0.5, 0.6) is 0 Å². The number of nitrogens with two attached hydrogens (primary N) is 1. The van der Waals surface area contributed by atoms with E-state index in [9.17, 15) is 14.2 Å². The fraction of sp³-hybridized carbons (Fsp3) is 0.846. The number of carbonyl (C=O) groups excluding carboxylic acids is 1. The quantitative estimate of drug-likeness (QED) is 0.596. The van der Waals surface area contributed by atoms with Crippen molar-refractivity contribution in [2.45, 2.75) is 39.3 Å². The van der Waals surface area contributed by atoms with Crippen LogP contribution in [0.15, 0.2) is 0 Å². The molecule has 0 fully saturated rings. The Kier molecular flexibility index (Phi) is 8.76. The third kappa shape index (κ3) is 8.90. The second-order valence-corrected chi connectivity index (χ2v) is 8.10. The summed E-state index contributed by atoms with van der Waals surface area (Å²) in [5, 5.41) is 8.90. The minimum absolute atomic E-state index is 0.0684. The number of hydrogen-bond acceptors (Lipinski definition) is 7. The van der Waals surface area contributed by atoms with E-state index in [0.717, 1.165) is 4.90 Å². The molecule has 0 aromatic carbocycles. The zero-order valence-corrected chi connectivity index (χ0v) is 15.2. The largest absolute Gasteiger partial charge is 0.480 e. The molecule has 0 aliphatic heterocycles. The highest BCUT2D eigenvalue weighted by Crippen LogP contribution is 2.46. The van der Waals surface area contributed by atoms with Crippen molar-refractivity contribution in [2.24, 2.45) is 5.73 Å². The predicted octanol–water partition coefficient (Wildman–Crippen LogP) is 1.51. The molecule has 0 bridgehead atoms. The van der Waals surface area contributed by atoms with E-state index in [1.54, 1.807) is 27.7 Å². The molecule has 2 atom stereocenters. The standard InChI is InChI=1S/C13H27N2O7P/c1-6-21-23(19,20-5)8-7-15(9-10(14)11(16)17)12(18)22-13(2,3)4/h10H,6-9,14H2,1-5H3,(H,16,17). The van der Waals surface area contributed by atoms with Gasteiger partial charge in [0.15, 0.2) is 0 Å². The third-order valence-corrected chi connectivity index (χ3v) is 4.59. The average molecular weight is 354 g/mol. The van der Waals surface area contributed by atoms with E-state index in [2.05, 4.69) is 0 Å². The topological polar surface area (TPSA) is 128 Å². The maximum Gasteiger partial charge on any atom is 0.410 e. The van der Waals surface area contributed by atoms with Gasteiger partial charge in [0.1, 0.15) is 11.6 Å². The highest BCUT2D eigenvalue weighted by atomic mass is 31.2. The number of rotatable bonds is 9. The van der Waals surface area contributed by atoms with Crippen molar-refractivity contribution >= 4 is 19.7 Å². The molecule has 10 heteroatoms. The highest BCUT2D eigenvalue weighted by molar-refractivity contribution is 7.53. The number of carbonyl (C=O) groups is 2. The normalized spacial score (nSPS) is 15.6. The summed E-state index contributed by atoms with van der Waals surface area (Å²) in [6.07, 6.45) is -0.837. The van der Waals surface area contributed by atoms with Crippen LogP contribution >= 0.6 is 7.60 Å². The van der Waals surface area contributed by atoms with Gasteiger partial charge in [-0.3, -0.25) is 9.36 Å². The molecule has 0 saturated heterocycles. The van der Waals surface area contributed by atoms with Crippen LogP contribution in [0.2, 0.25) is 0 Å². The van der Waals surface area contributed by atoms with Gasteiger partial charge in [-0.05, 0) is 27.7 Å². The summed E-state index contributed by atoms with van der Waals surface area (Å²) in [5.41, 5.74) is 4.71. The molecule has 0 aromatic heterocycles. The molecule has 0 spiro atoms. The Hall–Kier alpha value is -1.15. The lowest BCUT2D eigenvalue weighted by atomic mass is 10.2. The minimum Gasteiger partial charge on any atom is -0.480 e. The van der Waals surface area contributed by atoms with Crippen molar-refractivity contribution in [3.8, 4) is 0 Å². The van der Waals surface area contributed by atoms with Crippen molar-refractivity contribution < 1.29 is 33.0 Å². The number of carboxylic acids is 1. The van der Waals surface area contributed by atoms with Crippen molar-refractivity contribution in [3.63, 3.8) is 0 Å². The first-order valence-electron chi connectivity index (χ1n) is 7.19. The molecule has 0 aliphatic carbocycles. The lowest BCUT2D eigenvalue weighted by Gasteiger charge is -2.29. The van der Waals surface area contributed by atoms with E-state index in [0.29, 0.717) is 0 Å². The van der Waals surface area contributed by atoms with Gasteiger partial charge < -0.3 is 29.5 Å².